The van der Waals surface area contributed by atoms with Crippen molar-refractivity contribution in [3.05, 3.63) is 0 Å². The minimum atomic E-state index is -1.44. The number of carbonyl (C=O) groups is 2. The Bertz CT molecular complexity index is 173. The van der Waals surface area contributed by atoms with E-state index in [1.807, 2.05) is 0 Å². The van der Waals surface area contributed by atoms with Crippen molar-refractivity contribution in [3.8, 4) is 0 Å². The van der Waals surface area contributed by atoms with Gasteiger partial charge in [-0.2, -0.15) is 0 Å². The van der Waals surface area contributed by atoms with Gasteiger partial charge in [0.15, 0.2) is 0 Å². The van der Waals surface area contributed by atoms with Crippen LogP contribution in [0.3, 0.4) is 0 Å². The van der Waals surface area contributed by atoms with Gasteiger partial charge in [-0.15, -0.1) is 0 Å². The molecule has 0 radical (unpaired) electrons. The molecule has 0 aromatic rings. The fourth-order valence-corrected chi connectivity index (χ4v) is 4.47. The van der Waals surface area contributed by atoms with Gasteiger partial charge in [-0.1, -0.05) is 0 Å². The molecular weight excluding hydrogens is 335 g/mol. The number of aliphatic hydroxyl groups is 2. The van der Waals surface area contributed by atoms with Crippen molar-refractivity contribution in [1.29, 1.82) is 0 Å². The number of hydrogen-bond acceptors (Lipinski definition) is 6. The number of rotatable bonds is 4. The maximum atomic E-state index is 9.01. The van der Waals surface area contributed by atoms with Crippen LogP contribution in [0.5, 0.6) is 0 Å². The Morgan fingerprint density at radius 1 is 0.941 bits per heavy atom. The second-order valence-electron chi connectivity index (χ2n) is 3.54. The van der Waals surface area contributed by atoms with Crippen LogP contribution in [0.15, 0.2) is 0 Å². The van der Waals surface area contributed by atoms with Crippen molar-refractivity contribution in [2.45, 2.75) is 35.6 Å². The van der Waals surface area contributed by atoms with Crippen LogP contribution in [-0.4, -0.2) is 56.5 Å². The summed E-state index contributed by atoms with van der Waals surface area (Å²) in [4.78, 5) is 18.0. The number of carbonyl (C=O) groups excluding carboxylic acids is 2. The Morgan fingerprint density at radius 2 is 1.12 bits per heavy atom. The fourth-order valence-electron chi connectivity index (χ4n) is 0.667. The molecule has 0 rings (SSSR count). The molecule has 0 bridgehead atoms. The zero-order chi connectivity index (χ0) is 14.4. The normalized spacial score (nSPS) is 8.47. The molecular formula is C10H20O6Sn. The van der Waals surface area contributed by atoms with Gasteiger partial charge in [0.1, 0.15) is 0 Å². The van der Waals surface area contributed by atoms with Crippen LogP contribution < -0.4 is 10.2 Å². The summed E-state index contributed by atoms with van der Waals surface area (Å²) in [5.41, 5.74) is 0. The van der Waals surface area contributed by atoms with E-state index in [2.05, 4.69) is 27.7 Å². The number of aliphatic carboxylic acids is 2. The first-order valence-corrected chi connectivity index (χ1v) is 8.34. The molecule has 0 amide bonds. The Kier molecular flexibility index (Phi) is 20.2. The monoisotopic (exact) mass is 356 g/mol. The molecule has 0 unspecified atom stereocenters. The van der Waals surface area contributed by atoms with Gasteiger partial charge in [-0.3, -0.25) is 0 Å². The number of carboxylic acids is 2. The number of carboxylic acid groups (broad SMARTS) is 2. The van der Waals surface area contributed by atoms with E-state index >= 15 is 0 Å². The first-order valence-electron chi connectivity index (χ1n) is 5.04. The predicted octanol–water partition coefficient (Wildman–Crippen LogP) is -2.20. The second-order valence-corrected chi connectivity index (χ2v) is 11.1. The SMILES string of the molecule is C[CH](C)[Sn+2][CH](C)C.O=C([O-])CO.O=C([O-])CO. The topological polar surface area (TPSA) is 121 Å². The number of hydrogen-bond donors (Lipinski definition) is 2. The van der Waals surface area contributed by atoms with Gasteiger partial charge in [-0.25, -0.2) is 0 Å². The molecule has 0 aliphatic rings. The molecule has 6 nitrogen and oxygen atoms in total. The van der Waals surface area contributed by atoms with Crippen molar-refractivity contribution in [3.63, 3.8) is 0 Å². The van der Waals surface area contributed by atoms with Crippen LogP contribution in [0.1, 0.15) is 27.7 Å². The second kappa shape index (κ2) is 15.7. The van der Waals surface area contributed by atoms with E-state index in [9.17, 15) is 0 Å². The van der Waals surface area contributed by atoms with Gasteiger partial charge in [-0.05, 0) is 0 Å². The molecule has 0 aliphatic heterocycles. The molecule has 0 heterocycles. The van der Waals surface area contributed by atoms with Crippen molar-refractivity contribution in [2.24, 2.45) is 0 Å². The zero-order valence-corrected chi connectivity index (χ0v) is 13.5. The van der Waals surface area contributed by atoms with Gasteiger partial charge >= 0.3 is 56.7 Å². The molecule has 17 heavy (non-hydrogen) atoms. The maximum Gasteiger partial charge on any atom is 0.0826 e. The molecule has 0 aliphatic carbocycles. The van der Waals surface area contributed by atoms with Crippen molar-refractivity contribution >= 4 is 33.1 Å². The van der Waals surface area contributed by atoms with Crippen molar-refractivity contribution < 1.29 is 30.0 Å². The molecule has 0 aromatic heterocycles. The Hall–Kier alpha value is -0.341. The Labute approximate surface area is 112 Å². The van der Waals surface area contributed by atoms with Crippen LogP contribution in [0.2, 0.25) is 7.87 Å². The third-order valence-electron chi connectivity index (χ3n) is 0.925. The standard InChI is InChI=1S/2C3H7.2C2H4O3.Sn/c2*1-3-2;2*3-1-2(4)5;/h2*3H,1-2H3;2*3H,1H2,(H,4,5);/q;;;;+2/p-2. The summed E-state index contributed by atoms with van der Waals surface area (Å²) in [6.45, 7) is 7.58. The summed E-state index contributed by atoms with van der Waals surface area (Å²) in [5, 5.41) is 33.0. The summed E-state index contributed by atoms with van der Waals surface area (Å²) in [6, 6.07) is 0. The van der Waals surface area contributed by atoms with Crippen LogP contribution in [-0.2, 0) is 9.59 Å². The quantitative estimate of drug-likeness (QED) is 0.553. The van der Waals surface area contributed by atoms with Crippen molar-refractivity contribution in [1.82, 2.24) is 0 Å². The molecule has 0 saturated carbocycles. The summed E-state index contributed by atoms with van der Waals surface area (Å²) in [6.07, 6.45) is 0. The molecule has 0 aromatic carbocycles. The van der Waals surface area contributed by atoms with Crippen LogP contribution in [0.4, 0.5) is 0 Å². The van der Waals surface area contributed by atoms with Gasteiger partial charge in [0.25, 0.3) is 0 Å². The minimum Gasteiger partial charge on any atom is -0.548 e. The van der Waals surface area contributed by atoms with Gasteiger partial charge in [0.05, 0.1) is 25.2 Å². The summed E-state index contributed by atoms with van der Waals surface area (Å²) < 4.78 is 2.09. The third kappa shape index (κ3) is 49.8. The third-order valence-corrected chi connectivity index (χ3v) is 4.73. The van der Waals surface area contributed by atoms with E-state index in [1.165, 1.54) is 0 Å². The van der Waals surface area contributed by atoms with E-state index in [4.69, 9.17) is 30.0 Å². The van der Waals surface area contributed by atoms with Gasteiger partial charge in [0, 0.05) is 0 Å². The molecule has 0 fully saturated rings. The summed E-state index contributed by atoms with van der Waals surface area (Å²) >= 11 is 0.0389. The van der Waals surface area contributed by atoms with Gasteiger partial charge in [0.2, 0.25) is 0 Å². The molecule has 2 N–H and O–H groups in total. The van der Waals surface area contributed by atoms with Crippen LogP contribution >= 0.6 is 0 Å². The molecule has 0 atom stereocenters. The molecule has 0 spiro atoms. The summed E-state index contributed by atoms with van der Waals surface area (Å²) in [7, 11) is 0. The Balaban J connectivity index is -0.000000177. The first-order chi connectivity index (χ1) is 7.67. The zero-order valence-electron chi connectivity index (χ0n) is 10.6. The van der Waals surface area contributed by atoms with E-state index in [1.54, 1.807) is 0 Å². The van der Waals surface area contributed by atoms with Crippen LogP contribution in [0.25, 0.3) is 0 Å². The predicted molar refractivity (Wildman–Crippen MR) is 60.1 cm³/mol. The van der Waals surface area contributed by atoms with E-state index in [-0.39, 0.29) is 21.1 Å². The van der Waals surface area contributed by atoms with Crippen LogP contribution in [0, 0.1) is 0 Å². The van der Waals surface area contributed by atoms with E-state index < -0.39 is 25.2 Å². The smallest absolute Gasteiger partial charge is 0.0826 e. The van der Waals surface area contributed by atoms with Crippen molar-refractivity contribution in [2.75, 3.05) is 13.2 Å². The Morgan fingerprint density at radius 3 is 1.12 bits per heavy atom. The minimum absolute atomic E-state index is 0.0389. The number of aliphatic hydroxyl groups excluding tert-OH is 2. The average molecular weight is 355 g/mol. The molecule has 0 saturated heterocycles. The fraction of sp³-hybridized carbons (Fsp3) is 0.800. The molecule has 100 valence electrons. The summed E-state index contributed by atoms with van der Waals surface area (Å²) in [5.74, 6) is -2.88. The van der Waals surface area contributed by atoms with E-state index in [0.29, 0.717) is 0 Å². The van der Waals surface area contributed by atoms with E-state index in [0.717, 1.165) is 7.87 Å². The maximum absolute atomic E-state index is 9.01. The average Bonchev–Trinajstić information content (AvgIpc) is 2.17. The molecule has 7 heteroatoms. The largest absolute Gasteiger partial charge is 0.548 e. The van der Waals surface area contributed by atoms with Gasteiger partial charge < -0.3 is 30.0 Å². The first kappa shape index (κ1) is 21.9.